The number of ether oxygens (including phenoxy) is 1. The zero-order valence-corrected chi connectivity index (χ0v) is 18.0. The fourth-order valence-electron chi connectivity index (χ4n) is 3.29. The number of amides is 2. The lowest BCUT2D eigenvalue weighted by molar-refractivity contribution is -0.131. The number of nitrogens with zero attached hydrogens (tertiary/aromatic N) is 1. The minimum absolute atomic E-state index is 0.361. The van der Waals surface area contributed by atoms with Crippen molar-refractivity contribution in [3.05, 3.63) is 70.8 Å². The lowest BCUT2D eigenvalue weighted by Crippen LogP contribution is -2.54. The van der Waals surface area contributed by atoms with Crippen LogP contribution >= 0.6 is 0 Å². The first kappa shape index (κ1) is 23.4. The first-order valence-electron chi connectivity index (χ1n) is 10.5. The van der Waals surface area contributed by atoms with Crippen molar-refractivity contribution in [2.75, 3.05) is 26.3 Å². The molecule has 0 spiro atoms. The summed E-state index contributed by atoms with van der Waals surface area (Å²) in [7, 11) is 0. The SMILES string of the molecule is C[C@H](N)[C@H](NC(=O)c1ccc(C#Cc2ccc(CN3CCOCC3)cc2)cc1)C(=O)NO. The Labute approximate surface area is 187 Å². The largest absolute Gasteiger partial charge is 0.379 e. The molecule has 0 aliphatic carbocycles. The van der Waals surface area contributed by atoms with E-state index in [2.05, 4.69) is 34.2 Å². The van der Waals surface area contributed by atoms with Crippen molar-refractivity contribution in [3.63, 3.8) is 0 Å². The van der Waals surface area contributed by atoms with E-state index in [1.807, 2.05) is 12.1 Å². The summed E-state index contributed by atoms with van der Waals surface area (Å²) in [5, 5.41) is 11.3. The average Bonchev–Trinajstić information content (AvgIpc) is 2.82. The molecule has 8 heteroatoms. The van der Waals surface area contributed by atoms with Crippen LogP contribution in [0.3, 0.4) is 0 Å². The molecule has 1 aliphatic heterocycles. The zero-order valence-electron chi connectivity index (χ0n) is 18.0. The van der Waals surface area contributed by atoms with Crippen molar-refractivity contribution >= 4 is 11.8 Å². The molecule has 0 radical (unpaired) electrons. The minimum Gasteiger partial charge on any atom is -0.379 e. The van der Waals surface area contributed by atoms with Crippen LogP contribution in [0.25, 0.3) is 0 Å². The number of hydrogen-bond acceptors (Lipinski definition) is 6. The second-order valence-electron chi connectivity index (χ2n) is 7.70. The predicted molar refractivity (Wildman–Crippen MR) is 120 cm³/mol. The van der Waals surface area contributed by atoms with Crippen LogP contribution < -0.4 is 16.5 Å². The number of benzene rings is 2. The normalized spacial score (nSPS) is 15.7. The highest BCUT2D eigenvalue weighted by atomic mass is 16.5. The molecule has 0 aromatic heterocycles. The van der Waals surface area contributed by atoms with Crippen LogP contribution in [0, 0.1) is 11.8 Å². The molecule has 5 N–H and O–H groups in total. The molecule has 0 saturated carbocycles. The number of rotatable bonds is 6. The highest BCUT2D eigenvalue weighted by Crippen LogP contribution is 2.09. The summed E-state index contributed by atoms with van der Waals surface area (Å²) >= 11 is 0. The topological polar surface area (TPSA) is 117 Å². The van der Waals surface area contributed by atoms with Gasteiger partial charge in [0.15, 0.2) is 0 Å². The maximum absolute atomic E-state index is 12.4. The quantitative estimate of drug-likeness (QED) is 0.303. The number of carbonyl (C=O) groups is 2. The van der Waals surface area contributed by atoms with Gasteiger partial charge < -0.3 is 15.8 Å². The third-order valence-corrected chi connectivity index (χ3v) is 5.17. The third-order valence-electron chi connectivity index (χ3n) is 5.17. The second kappa shape index (κ2) is 11.4. The van der Waals surface area contributed by atoms with Crippen molar-refractivity contribution in [2.24, 2.45) is 5.73 Å². The molecule has 2 aromatic carbocycles. The van der Waals surface area contributed by atoms with E-state index < -0.39 is 23.9 Å². The van der Waals surface area contributed by atoms with Crippen LogP contribution in [0.5, 0.6) is 0 Å². The van der Waals surface area contributed by atoms with E-state index in [-0.39, 0.29) is 0 Å². The van der Waals surface area contributed by atoms with E-state index in [0.717, 1.165) is 44.0 Å². The van der Waals surface area contributed by atoms with Crippen molar-refractivity contribution in [3.8, 4) is 11.8 Å². The van der Waals surface area contributed by atoms with Crippen LogP contribution in [0.4, 0.5) is 0 Å². The molecule has 168 valence electrons. The van der Waals surface area contributed by atoms with E-state index in [0.29, 0.717) is 5.56 Å². The van der Waals surface area contributed by atoms with Gasteiger partial charge in [-0.1, -0.05) is 24.0 Å². The summed E-state index contributed by atoms with van der Waals surface area (Å²) in [6.07, 6.45) is 0. The van der Waals surface area contributed by atoms with Crippen molar-refractivity contribution in [2.45, 2.75) is 25.6 Å². The summed E-state index contributed by atoms with van der Waals surface area (Å²) in [5.74, 6) is 4.98. The molecule has 3 rings (SSSR count). The Morgan fingerprint density at radius 1 is 1.06 bits per heavy atom. The Morgan fingerprint density at radius 3 is 2.16 bits per heavy atom. The Hall–Kier alpha value is -3.22. The predicted octanol–water partition coefficient (Wildman–Crippen LogP) is 0.870. The molecule has 32 heavy (non-hydrogen) atoms. The average molecular weight is 437 g/mol. The van der Waals surface area contributed by atoms with E-state index in [4.69, 9.17) is 15.7 Å². The van der Waals surface area contributed by atoms with Crippen LogP contribution in [0.2, 0.25) is 0 Å². The van der Waals surface area contributed by atoms with Gasteiger partial charge in [-0.05, 0) is 48.9 Å². The van der Waals surface area contributed by atoms with Gasteiger partial charge >= 0.3 is 0 Å². The smallest absolute Gasteiger partial charge is 0.267 e. The van der Waals surface area contributed by atoms with Gasteiger partial charge in [0.05, 0.1) is 13.2 Å². The van der Waals surface area contributed by atoms with Gasteiger partial charge in [0.1, 0.15) is 6.04 Å². The molecule has 1 heterocycles. The number of nitrogens with one attached hydrogen (secondary N) is 2. The Kier molecular flexibility index (Phi) is 8.36. The lowest BCUT2D eigenvalue weighted by Gasteiger charge is -2.26. The van der Waals surface area contributed by atoms with Crippen molar-refractivity contribution < 1.29 is 19.5 Å². The summed E-state index contributed by atoms with van der Waals surface area (Å²) in [6, 6.07) is 13.2. The third kappa shape index (κ3) is 6.64. The molecule has 1 fully saturated rings. The minimum atomic E-state index is -1.04. The number of carbonyl (C=O) groups excluding carboxylic acids is 2. The molecule has 8 nitrogen and oxygen atoms in total. The fraction of sp³-hybridized carbons (Fsp3) is 0.333. The summed E-state index contributed by atoms with van der Waals surface area (Å²) in [4.78, 5) is 26.4. The molecular formula is C24H28N4O4. The molecule has 2 aromatic rings. The number of nitrogens with two attached hydrogens (primary N) is 1. The number of morpholine rings is 1. The van der Waals surface area contributed by atoms with Crippen molar-refractivity contribution in [1.29, 1.82) is 0 Å². The standard InChI is InChI=1S/C24H28N4O4/c1-17(25)22(24(30)27-31)26-23(29)21-10-8-19(9-11-21)3-2-18-4-6-20(7-5-18)16-28-12-14-32-15-13-28/h4-11,17,22,31H,12-16,25H2,1H3,(H,26,29)(H,27,30)/t17-,22-/m0/s1. The summed E-state index contributed by atoms with van der Waals surface area (Å²) in [6.45, 7) is 5.95. The molecule has 1 aliphatic rings. The Balaban J connectivity index is 1.58. The van der Waals surface area contributed by atoms with Gasteiger partial charge in [0.25, 0.3) is 11.8 Å². The van der Waals surface area contributed by atoms with E-state index >= 15 is 0 Å². The van der Waals surface area contributed by atoms with Gasteiger partial charge in [-0.3, -0.25) is 19.7 Å². The Morgan fingerprint density at radius 2 is 1.62 bits per heavy atom. The maximum atomic E-state index is 12.4. The fourth-order valence-corrected chi connectivity index (χ4v) is 3.29. The van der Waals surface area contributed by atoms with Crippen LogP contribution in [-0.2, 0) is 16.1 Å². The van der Waals surface area contributed by atoms with Gasteiger partial charge in [-0.15, -0.1) is 0 Å². The van der Waals surface area contributed by atoms with Gasteiger partial charge in [0, 0.05) is 42.4 Å². The van der Waals surface area contributed by atoms with E-state index in [1.165, 1.54) is 11.0 Å². The molecule has 2 amide bonds. The van der Waals surface area contributed by atoms with Crippen LogP contribution in [-0.4, -0.2) is 60.3 Å². The molecule has 0 bridgehead atoms. The second-order valence-corrected chi connectivity index (χ2v) is 7.70. The summed E-state index contributed by atoms with van der Waals surface area (Å²) < 4.78 is 5.38. The van der Waals surface area contributed by atoms with Gasteiger partial charge in [-0.25, -0.2) is 5.48 Å². The molecule has 1 saturated heterocycles. The van der Waals surface area contributed by atoms with Gasteiger partial charge in [0.2, 0.25) is 0 Å². The molecule has 0 unspecified atom stereocenters. The first-order valence-corrected chi connectivity index (χ1v) is 10.5. The van der Waals surface area contributed by atoms with E-state index in [9.17, 15) is 9.59 Å². The number of hydroxylamine groups is 1. The maximum Gasteiger partial charge on any atom is 0.267 e. The zero-order chi connectivity index (χ0) is 22.9. The molecule has 2 atom stereocenters. The lowest BCUT2D eigenvalue weighted by atomic mass is 10.1. The van der Waals surface area contributed by atoms with Crippen LogP contribution in [0.15, 0.2) is 48.5 Å². The Bertz CT molecular complexity index is 972. The van der Waals surface area contributed by atoms with E-state index in [1.54, 1.807) is 31.2 Å². The monoisotopic (exact) mass is 436 g/mol. The van der Waals surface area contributed by atoms with Gasteiger partial charge in [-0.2, -0.15) is 0 Å². The number of hydrogen-bond donors (Lipinski definition) is 4. The highest BCUT2D eigenvalue weighted by molar-refractivity contribution is 5.97. The summed E-state index contributed by atoms with van der Waals surface area (Å²) in [5.41, 5.74) is 10.5. The highest BCUT2D eigenvalue weighted by Gasteiger charge is 2.24. The molecular weight excluding hydrogens is 408 g/mol. The van der Waals surface area contributed by atoms with Crippen LogP contribution in [0.1, 0.15) is 34.0 Å². The first-order chi connectivity index (χ1) is 15.5. The van der Waals surface area contributed by atoms with Crippen molar-refractivity contribution in [1.82, 2.24) is 15.7 Å².